The van der Waals surface area contributed by atoms with Crippen LogP contribution in [0.1, 0.15) is 23.6 Å². The highest BCUT2D eigenvalue weighted by atomic mass is 16.4. The molecular weight excluding hydrogens is 264 g/mol. The fourth-order valence-electron chi connectivity index (χ4n) is 2.58. The zero-order chi connectivity index (χ0) is 14.8. The van der Waals surface area contributed by atoms with Gasteiger partial charge in [0.25, 0.3) is 0 Å². The molecule has 0 aliphatic carbocycles. The molecule has 3 rings (SSSR count). The lowest BCUT2D eigenvalue weighted by Crippen LogP contribution is -2.18. The fourth-order valence-corrected chi connectivity index (χ4v) is 2.58. The maximum absolute atomic E-state index is 11.3. The predicted octanol–water partition coefficient (Wildman–Crippen LogP) is 3.39. The van der Waals surface area contributed by atoms with Gasteiger partial charge in [0.15, 0.2) is 0 Å². The van der Waals surface area contributed by atoms with Crippen molar-refractivity contribution < 1.29 is 9.90 Å². The third kappa shape index (κ3) is 2.65. The minimum atomic E-state index is -0.953. The molecule has 1 aliphatic heterocycles. The van der Waals surface area contributed by atoms with Gasteiger partial charge < -0.3 is 5.11 Å². The zero-order valence-electron chi connectivity index (χ0n) is 11.7. The van der Waals surface area contributed by atoms with E-state index in [1.54, 1.807) is 0 Å². The molecule has 0 spiro atoms. The van der Waals surface area contributed by atoms with Crippen molar-refractivity contribution in [3.05, 3.63) is 65.7 Å². The summed E-state index contributed by atoms with van der Waals surface area (Å²) in [6.07, 6.45) is 0.410. The summed E-state index contributed by atoms with van der Waals surface area (Å²) in [7, 11) is 0. The number of hydrogen-bond acceptors (Lipinski definition) is 3. The molecule has 0 fully saturated rings. The van der Waals surface area contributed by atoms with Crippen LogP contribution in [0.2, 0.25) is 0 Å². The predicted molar refractivity (Wildman–Crippen MR) is 82.5 cm³/mol. The first kappa shape index (κ1) is 13.4. The van der Waals surface area contributed by atoms with Crippen molar-refractivity contribution >= 4 is 17.4 Å². The highest BCUT2D eigenvalue weighted by Gasteiger charge is 2.32. The second-order valence-electron chi connectivity index (χ2n) is 5.17. The van der Waals surface area contributed by atoms with Crippen LogP contribution in [0.5, 0.6) is 0 Å². The molecule has 1 heterocycles. The number of aliphatic carboxylic acids is 1. The third-order valence-corrected chi connectivity index (χ3v) is 3.61. The van der Waals surface area contributed by atoms with Crippen molar-refractivity contribution in [3.63, 3.8) is 0 Å². The van der Waals surface area contributed by atoms with Gasteiger partial charge in [0.1, 0.15) is 5.71 Å². The molecule has 2 aromatic carbocycles. The van der Waals surface area contributed by atoms with Gasteiger partial charge in [0.05, 0.1) is 11.7 Å². The van der Waals surface area contributed by atoms with Crippen molar-refractivity contribution in [1.29, 1.82) is 0 Å². The Labute approximate surface area is 123 Å². The number of carboxylic acid groups (broad SMARTS) is 1. The van der Waals surface area contributed by atoms with E-state index in [4.69, 9.17) is 0 Å². The van der Waals surface area contributed by atoms with E-state index in [0.29, 0.717) is 6.42 Å². The van der Waals surface area contributed by atoms with E-state index in [0.717, 1.165) is 16.8 Å². The first-order valence-corrected chi connectivity index (χ1v) is 6.87. The second kappa shape index (κ2) is 5.40. The zero-order valence-corrected chi connectivity index (χ0v) is 11.7. The summed E-state index contributed by atoms with van der Waals surface area (Å²) >= 11 is 0. The summed E-state index contributed by atoms with van der Waals surface area (Å²) in [5, 5.41) is 15.4. The van der Waals surface area contributed by atoms with Gasteiger partial charge in [-0.15, -0.1) is 0 Å². The summed E-state index contributed by atoms with van der Waals surface area (Å²) in [6.45, 7) is 2.01. The van der Waals surface area contributed by atoms with Gasteiger partial charge in [-0.3, -0.25) is 5.01 Å². The molecule has 21 heavy (non-hydrogen) atoms. The molecule has 1 N–H and O–H groups in total. The number of aryl methyl sites for hydroxylation is 1. The van der Waals surface area contributed by atoms with Gasteiger partial charge in [-0.1, -0.05) is 42.5 Å². The van der Waals surface area contributed by atoms with E-state index in [1.807, 2.05) is 66.5 Å². The van der Waals surface area contributed by atoms with E-state index in [2.05, 4.69) is 5.10 Å². The van der Waals surface area contributed by atoms with Crippen molar-refractivity contribution in [2.24, 2.45) is 5.10 Å². The Morgan fingerprint density at radius 3 is 2.62 bits per heavy atom. The Kier molecular flexibility index (Phi) is 3.44. The summed E-state index contributed by atoms with van der Waals surface area (Å²) in [6, 6.07) is 17.8. The quantitative estimate of drug-likeness (QED) is 0.937. The first-order chi connectivity index (χ1) is 10.1. The molecule has 0 aromatic heterocycles. The summed E-state index contributed by atoms with van der Waals surface area (Å²) < 4.78 is 0. The average molecular weight is 280 g/mol. The average Bonchev–Trinajstić information content (AvgIpc) is 2.93. The Hall–Kier alpha value is -2.62. The highest BCUT2D eigenvalue weighted by Crippen LogP contribution is 2.35. The smallest absolute Gasteiger partial charge is 0.352 e. The van der Waals surface area contributed by atoms with E-state index < -0.39 is 5.97 Å². The molecule has 4 heteroatoms. The lowest BCUT2D eigenvalue weighted by molar-refractivity contribution is -0.129. The largest absolute Gasteiger partial charge is 0.477 e. The number of rotatable bonds is 3. The van der Waals surface area contributed by atoms with Crippen LogP contribution < -0.4 is 5.01 Å². The molecule has 0 amide bonds. The molecule has 0 saturated heterocycles. The van der Waals surface area contributed by atoms with Gasteiger partial charge in [-0.05, 0) is 30.2 Å². The lowest BCUT2D eigenvalue weighted by atomic mass is 10.0. The number of hydrogen-bond donors (Lipinski definition) is 1. The first-order valence-electron chi connectivity index (χ1n) is 6.87. The normalized spacial score (nSPS) is 17.7. The van der Waals surface area contributed by atoms with E-state index in [1.165, 1.54) is 0 Å². The van der Waals surface area contributed by atoms with Gasteiger partial charge in [0.2, 0.25) is 0 Å². The molecule has 1 aliphatic rings. The Morgan fingerprint density at radius 2 is 1.95 bits per heavy atom. The Balaban J connectivity index is 2.02. The molecule has 106 valence electrons. The lowest BCUT2D eigenvalue weighted by Gasteiger charge is -2.24. The minimum absolute atomic E-state index is 0.0703. The molecule has 0 radical (unpaired) electrons. The van der Waals surface area contributed by atoms with Gasteiger partial charge in [-0.25, -0.2) is 4.79 Å². The van der Waals surface area contributed by atoms with E-state index in [-0.39, 0.29) is 11.8 Å². The van der Waals surface area contributed by atoms with Crippen LogP contribution in [0.4, 0.5) is 5.69 Å². The van der Waals surface area contributed by atoms with Crippen LogP contribution in [-0.2, 0) is 4.79 Å². The van der Waals surface area contributed by atoms with Gasteiger partial charge in [-0.2, -0.15) is 5.10 Å². The summed E-state index contributed by atoms with van der Waals surface area (Å²) in [5.41, 5.74) is 3.31. The fraction of sp³-hybridized carbons (Fsp3) is 0.176. The van der Waals surface area contributed by atoms with Crippen molar-refractivity contribution in [3.8, 4) is 0 Å². The van der Waals surface area contributed by atoms with Crippen molar-refractivity contribution in [1.82, 2.24) is 0 Å². The molecule has 0 unspecified atom stereocenters. The van der Waals surface area contributed by atoms with Crippen molar-refractivity contribution in [2.45, 2.75) is 19.4 Å². The molecule has 1 atom stereocenters. The highest BCUT2D eigenvalue weighted by molar-refractivity contribution is 6.36. The molecular formula is C17H16N2O2. The summed E-state index contributed by atoms with van der Waals surface area (Å²) in [5.74, 6) is -0.953. The summed E-state index contributed by atoms with van der Waals surface area (Å²) in [4.78, 5) is 11.3. The monoisotopic (exact) mass is 280 g/mol. The number of hydrazone groups is 1. The minimum Gasteiger partial charge on any atom is -0.477 e. The topological polar surface area (TPSA) is 52.9 Å². The Morgan fingerprint density at radius 1 is 1.19 bits per heavy atom. The molecule has 0 bridgehead atoms. The van der Waals surface area contributed by atoms with Crippen LogP contribution in [0.25, 0.3) is 0 Å². The number of nitrogens with zero attached hydrogens (tertiary/aromatic N) is 2. The Bertz CT molecular complexity index is 695. The third-order valence-electron chi connectivity index (χ3n) is 3.61. The second-order valence-corrected chi connectivity index (χ2v) is 5.17. The maximum Gasteiger partial charge on any atom is 0.352 e. The van der Waals surface area contributed by atoms with Crippen LogP contribution in [0, 0.1) is 6.92 Å². The van der Waals surface area contributed by atoms with Crippen LogP contribution in [-0.4, -0.2) is 16.8 Å². The van der Waals surface area contributed by atoms with E-state index >= 15 is 0 Å². The van der Waals surface area contributed by atoms with Crippen LogP contribution in [0.15, 0.2) is 59.7 Å². The standard InChI is InChI=1S/C17H16N2O2/c1-12-6-5-9-14(10-12)19-16(11-15(18-19)17(20)21)13-7-3-2-4-8-13/h2-10,16H,11H2,1H3,(H,20,21)/t16-/m1/s1. The molecule has 0 saturated carbocycles. The van der Waals surface area contributed by atoms with Gasteiger partial charge >= 0.3 is 5.97 Å². The number of benzene rings is 2. The molecule has 2 aromatic rings. The van der Waals surface area contributed by atoms with Gasteiger partial charge in [0, 0.05) is 6.42 Å². The number of carbonyl (C=O) groups is 1. The number of anilines is 1. The maximum atomic E-state index is 11.3. The van der Waals surface area contributed by atoms with Crippen molar-refractivity contribution in [2.75, 3.05) is 5.01 Å². The number of carboxylic acids is 1. The van der Waals surface area contributed by atoms with E-state index in [9.17, 15) is 9.90 Å². The van der Waals surface area contributed by atoms with Crippen LogP contribution in [0.3, 0.4) is 0 Å². The van der Waals surface area contributed by atoms with Crippen LogP contribution >= 0.6 is 0 Å². The SMILES string of the molecule is Cc1cccc(N2N=C(C(=O)O)C[C@@H]2c2ccccc2)c1. The molecule has 4 nitrogen and oxygen atoms in total.